The number of anilines is 1. The summed E-state index contributed by atoms with van der Waals surface area (Å²) in [5, 5.41) is 3.13. The Morgan fingerprint density at radius 1 is 1.24 bits per heavy atom. The first-order chi connectivity index (χ1) is 16.0. The van der Waals surface area contributed by atoms with E-state index in [1.807, 2.05) is 18.2 Å². The van der Waals surface area contributed by atoms with E-state index in [1.165, 1.54) is 22.0 Å². The average molecular weight is 458 g/mol. The molecule has 3 aromatic heterocycles. The maximum absolute atomic E-state index is 13.2. The molecule has 0 bridgehead atoms. The summed E-state index contributed by atoms with van der Waals surface area (Å²) in [6.07, 6.45) is 5.49. The zero-order valence-corrected chi connectivity index (χ0v) is 18.8. The highest BCUT2D eigenvalue weighted by Gasteiger charge is 2.20. The summed E-state index contributed by atoms with van der Waals surface area (Å²) in [5.41, 5.74) is 2.21. The molecule has 1 amide bonds. The first kappa shape index (κ1) is 20.8. The van der Waals surface area contributed by atoms with Crippen molar-refractivity contribution in [1.29, 1.82) is 0 Å². The number of methoxy groups -OCH3 is 1. The number of fused-ring (bicyclic) bond motifs is 1. The van der Waals surface area contributed by atoms with E-state index < -0.39 is 5.91 Å². The first-order valence-electron chi connectivity index (χ1n) is 10.3. The predicted molar refractivity (Wildman–Crippen MR) is 126 cm³/mol. The lowest BCUT2D eigenvalue weighted by Crippen LogP contribution is -2.21. The van der Waals surface area contributed by atoms with Gasteiger partial charge in [-0.05, 0) is 24.8 Å². The third-order valence-electron chi connectivity index (χ3n) is 5.20. The lowest BCUT2D eigenvalue weighted by atomic mass is 10.0. The predicted octanol–water partition coefficient (Wildman–Crippen LogP) is 3.47. The maximum atomic E-state index is 13.2. The number of ether oxygens (including phenoxy) is 1. The molecule has 1 N–H and O–H groups in total. The lowest BCUT2D eigenvalue weighted by molar-refractivity contribution is 0.102. The Balaban J connectivity index is 1.48. The number of aryl methyl sites for hydroxylation is 1. The van der Waals surface area contributed by atoms with E-state index in [0.29, 0.717) is 44.1 Å². The van der Waals surface area contributed by atoms with Gasteiger partial charge in [-0.2, -0.15) is 4.98 Å². The Morgan fingerprint density at radius 3 is 2.85 bits per heavy atom. The largest absolute Gasteiger partial charge is 0.496 e. The van der Waals surface area contributed by atoms with E-state index in [1.54, 1.807) is 32.6 Å². The molecule has 1 aromatic carbocycles. The number of carbonyl (C=O) groups excluding carboxylic acids is 1. The first-order valence-corrected chi connectivity index (χ1v) is 11.1. The SMILES string of the molecule is COc1ccccc1-c1cn(C)c(=O)cc1C(=O)Nc1nc2ncc(C#CC3CC3)nc2s1. The van der Waals surface area contributed by atoms with Crippen molar-refractivity contribution in [2.45, 2.75) is 12.8 Å². The van der Waals surface area contributed by atoms with Crippen molar-refractivity contribution in [3.63, 3.8) is 0 Å². The minimum atomic E-state index is -0.457. The van der Waals surface area contributed by atoms with Gasteiger partial charge in [-0.3, -0.25) is 14.9 Å². The fraction of sp³-hybridized carbons (Fsp3) is 0.208. The zero-order chi connectivity index (χ0) is 22.9. The molecule has 0 aliphatic heterocycles. The summed E-state index contributed by atoms with van der Waals surface area (Å²) in [7, 11) is 3.20. The fourth-order valence-electron chi connectivity index (χ4n) is 3.30. The molecular formula is C24H19N5O3S. The number of para-hydroxylation sites is 1. The van der Waals surface area contributed by atoms with Gasteiger partial charge in [-0.25, -0.2) is 9.97 Å². The van der Waals surface area contributed by atoms with Crippen molar-refractivity contribution in [3.05, 3.63) is 64.3 Å². The number of thiazole rings is 1. The molecule has 0 saturated heterocycles. The van der Waals surface area contributed by atoms with Crippen molar-refractivity contribution in [2.24, 2.45) is 13.0 Å². The molecule has 8 nitrogen and oxygen atoms in total. The van der Waals surface area contributed by atoms with Crippen LogP contribution in [0.3, 0.4) is 0 Å². The number of hydrogen-bond donors (Lipinski definition) is 1. The number of hydrogen-bond acceptors (Lipinski definition) is 7. The van der Waals surface area contributed by atoms with Crippen LogP contribution in [0.4, 0.5) is 5.13 Å². The number of rotatable bonds is 4. The van der Waals surface area contributed by atoms with E-state index >= 15 is 0 Å². The van der Waals surface area contributed by atoms with Crippen LogP contribution in [0.15, 0.2) is 47.5 Å². The van der Waals surface area contributed by atoms with Crippen LogP contribution in [0.5, 0.6) is 5.75 Å². The fourth-order valence-corrected chi connectivity index (χ4v) is 4.10. The molecule has 1 saturated carbocycles. The number of benzene rings is 1. The van der Waals surface area contributed by atoms with E-state index in [0.717, 1.165) is 12.8 Å². The molecule has 1 aliphatic carbocycles. The van der Waals surface area contributed by atoms with Gasteiger partial charge >= 0.3 is 0 Å². The Labute approximate surface area is 193 Å². The molecular weight excluding hydrogens is 438 g/mol. The van der Waals surface area contributed by atoms with Gasteiger partial charge in [0.1, 0.15) is 11.4 Å². The van der Waals surface area contributed by atoms with Gasteiger partial charge in [0.2, 0.25) is 0 Å². The quantitative estimate of drug-likeness (QED) is 0.471. The number of aromatic nitrogens is 4. The van der Waals surface area contributed by atoms with Crippen LogP contribution in [0.25, 0.3) is 21.6 Å². The van der Waals surface area contributed by atoms with Crippen LogP contribution in [0, 0.1) is 17.8 Å². The van der Waals surface area contributed by atoms with Crippen LogP contribution < -0.4 is 15.6 Å². The Morgan fingerprint density at radius 2 is 2.06 bits per heavy atom. The van der Waals surface area contributed by atoms with E-state index in [2.05, 4.69) is 32.1 Å². The number of nitrogens with zero attached hydrogens (tertiary/aromatic N) is 4. The molecule has 0 spiro atoms. The smallest absolute Gasteiger partial charge is 0.258 e. The molecule has 4 aromatic rings. The molecule has 0 unspecified atom stereocenters. The number of pyridine rings is 1. The van der Waals surface area contributed by atoms with Gasteiger partial charge in [0, 0.05) is 36.4 Å². The average Bonchev–Trinajstić information content (AvgIpc) is 3.57. The highest BCUT2D eigenvalue weighted by Crippen LogP contribution is 2.32. The minimum absolute atomic E-state index is 0.221. The topological polar surface area (TPSA) is 99.0 Å². The monoisotopic (exact) mass is 457 g/mol. The Bertz CT molecular complexity index is 1510. The van der Waals surface area contributed by atoms with Gasteiger partial charge in [-0.1, -0.05) is 35.5 Å². The van der Waals surface area contributed by atoms with Gasteiger partial charge in [-0.15, -0.1) is 0 Å². The molecule has 3 heterocycles. The van der Waals surface area contributed by atoms with Crippen molar-refractivity contribution in [1.82, 2.24) is 19.5 Å². The second kappa shape index (κ2) is 8.48. The molecule has 1 aliphatic rings. The second-order valence-electron chi connectivity index (χ2n) is 7.65. The number of nitrogens with one attached hydrogen (secondary N) is 1. The summed E-state index contributed by atoms with van der Waals surface area (Å²) < 4.78 is 6.88. The Hall–Kier alpha value is -4.03. The molecule has 164 valence electrons. The minimum Gasteiger partial charge on any atom is -0.496 e. The summed E-state index contributed by atoms with van der Waals surface area (Å²) in [4.78, 5) is 39.3. The number of carbonyl (C=O) groups is 1. The molecule has 0 atom stereocenters. The summed E-state index contributed by atoms with van der Waals surface area (Å²) >= 11 is 1.21. The summed E-state index contributed by atoms with van der Waals surface area (Å²) in [5.74, 6) is 6.81. The highest BCUT2D eigenvalue weighted by atomic mass is 32.1. The second-order valence-corrected chi connectivity index (χ2v) is 8.63. The molecule has 5 rings (SSSR count). The van der Waals surface area contributed by atoms with Crippen LogP contribution >= 0.6 is 11.3 Å². The van der Waals surface area contributed by atoms with E-state index in [4.69, 9.17) is 4.74 Å². The molecule has 9 heteroatoms. The maximum Gasteiger partial charge on any atom is 0.258 e. The van der Waals surface area contributed by atoms with E-state index in [9.17, 15) is 9.59 Å². The van der Waals surface area contributed by atoms with Crippen LogP contribution in [-0.4, -0.2) is 32.5 Å². The molecule has 33 heavy (non-hydrogen) atoms. The van der Waals surface area contributed by atoms with Gasteiger partial charge in [0.25, 0.3) is 11.5 Å². The molecule has 1 fully saturated rings. The van der Waals surface area contributed by atoms with Crippen LogP contribution in [-0.2, 0) is 7.05 Å². The normalized spacial score (nSPS) is 12.8. The van der Waals surface area contributed by atoms with Crippen LogP contribution in [0.2, 0.25) is 0 Å². The van der Waals surface area contributed by atoms with Crippen molar-refractivity contribution >= 4 is 32.9 Å². The third kappa shape index (κ3) is 4.33. The standard InChI is InChI=1S/C24H19N5O3S/c1-29-13-18(16-5-3-4-6-19(16)32-2)17(11-20(29)30)22(31)28-24-27-21-23(33-24)26-15(12-25-21)10-9-14-7-8-14/h3-6,11-14H,7-8H2,1-2H3,(H,25,27,28,31). The number of amides is 1. The van der Waals surface area contributed by atoms with Gasteiger partial charge < -0.3 is 9.30 Å². The zero-order valence-electron chi connectivity index (χ0n) is 18.0. The van der Waals surface area contributed by atoms with Gasteiger partial charge in [0.15, 0.2) is 15.6 Å². The third-order valence-corrected chi connectivity index (χ3v) is 6.05. The molecule has 0 radical (unpaired) electrons. The summed E-state index contributed by atoms with van der Waals surface area (Å²) in [6, 6.07) is 8.64. The van der Waals surface area contributed by atoms with Crippen molar-refractivity contribution < 1.29 is 9.53 Å². The van der Waals surface area contributed by atoms with Crippen molar-refractivity contribution in [2.75, 3.05) is 12.4 Å². The highest BCUT2D eigenvalue weighted by molar-refractivity contribution is 7.21. The van der Waals surface area contributed by atoms with Crippen LogP contribution in [0.1, 0.15) is 28.9 Å². The van der Waals surface area contributed by atoms with Gasteiger partial charge in [0.05, 0.1) is 18.9 Å². The van der Waals surface area contributed by atoms with Crippen molar-refractivity contribution in [3.8, 4) is 28.7 Å². The van der Waals surface area contributed by atoms with E-state index in [-0.39, 0.29) is 11.1 Å². The lowest BCUT2D eigenvalue weighted by Gasteiger charge is -2.13. The Kier molecular flexibility index (Phi) is 5.36. The summed E-state index contributed by atoms with van der Waals surface area (Å²) in [6.45, 7) is 0.